The highest BCUT2D eigenvalue weighted by Gasteiger charge is 2.21. The Morgan fingerprint density at radius 1 is 1.17 bits per heavy atom. The summed E-state index contributed by atoms with van der Waals surface area (Å²) in [7, 11) is 0. The second-order valence-electron chi connectivity index (χ2n) is 2.85. The molecule has 3 heteroatoms. The van der Waals surface area contributed by atoms with E-state index in [-0.39, 0.29) is 6.10 Å². The van der Waals surface area contributed by atoms with Crippen LogP contribution in [-0.4, -0.2) is 6.61 Å². The summed E-state index contributed by atoms with van der Waals surface area (Å²) in [6, 6.07) is 3.49. The molecule has 0 spiro atoms. The molecule has 1 nitrogen and oxygen atoms in total. The van der Waals surface area contributed by atoms with Gasteiger partial charge in [0, 0.05) is 12.5 Å². The van der Waals surface area contributed by atoms with Crippen LogP contribution in [0.15, 0.2) is 18.2 Å². The molecule has 2 rings (SSSR count). The van der Waals surface area contributed by atoms with Gasteiger partial charge >= 0.3 is 0 Å². The minimum Gasteiger partial charge on any atom is -0.373 e. The first kappa shape index (κ1) is 7.68. The van der Waals surface area contributed by atoms with E-state index in [9.17, 15) is 8.78 Å². The monoisotopic (exact) mass is 170 g/mol. The van der Waals surface area contributed by atoms with Crippen molar-refractivity contribution in [2.45, 2.75) is 12.5 Å². The summed E-state index contributed by atoms with van der Waals surface area (Å²) in [4.78, 5) is 0. The highest BCUT2D eigenvalue weighted by molar-refractivity contribution is 5.21. The van der Waals surface area contributed by atoms with E-state index in [1.54, 1.807) is 0 Å². The molecule has 64 valence electrons. The van der Waals surface area contributed by atoms with Crippen LogP contribution >= 0.6 is 0 Å². The lowest BCUT2D eigenvalue weighted by Gasteiger charge is -2.26. The molecule has 1 atom stereocenters. The Hall–Kier alpha value is -0.960. The second kappa shape index (κ2) is 2.83. The lowest BCUT2D eigenvalue weighted by atomic mass is 10.0. The first-order valence-electron chi connectivity index (χ1n) is 3.83. The topological polar surface area (TPSA) is 9.23 Å². The van der Waals surface area contributed by atoms with Gasteiger partial charge in [-0.15, -0.1) is 0 Å². The molecule has 0 saturated carbocycles. The van der Waals surface area contributed by atoms with Crippen LogP contribution in [0.25, 0.3) is 0 Å². The van der Waals surface area contributed by atoms with Crippen molar-refractivity contribution in [1.29, 1.82) is 0 Å². The molecule has 1 saturated heterocycles. The average Bonchev–Trinajstić information content (AvgIpc) is 1.79. The third-order valence-electron chi connectivity index (χ3n) is 1.96. The van der Waals surface area contributed by atoms with Gasteiger partial charge in [0.1, 0.15) is 11.6 Å². The zero-order chi connectivity index (χ0) is 8.55. The molecule has 0 amide bonds. The Morgan fingerprint density at radius 3 is 2.17 bits per heavy atom. The summed E-state index contributed by atoms with van der Waals surface area (Å²) in [5.74, 6) is -1.08. The Bertz CT molecular complexity index is 274. The van der Waals surface area contributed by atoms with Crippen molar-refractivity contribution in [3.63, 3.8) is 0 Å². The van der Waals surface area contributed by atoms with Crippen LogP contribution in [0.2, 0.25) is 0 Å². The molecule has 1 aromatic rings. The molecule has 1 unspecified atom stereocenters. The molecule has 1 aromatic carbocycles. The van der Waals surface area contributed by atoms with Crippen molar-refractivity contribution >= 4 is 0 Å². The van der Waals surface area contributed by atoms with E-state index in [4.69, 9.17) is 4.74 Å². The fourth-order valence-corrected chi connectivity index (χ4v) is 1.26. The first-order valence-corrected chi connectivity index (χ1v) is 3.83. The third-order valence-corrected chi connectivity index (χ3v) is 1.96. The van der Waals surface area contributed by atoms with Crippen LogP contribution in [0, 0.1) is 11.6 Å². The molecule has 0 aliphatic carbocycles. The molecular weight excluding hydrogens is 162 g/mol. The van der Waals surface area contributed by atoms with Gasteiger partial charge in [0.2, 0.25) is 0 Å². The van der Waals surface area contributed by atoms with Crippen LogP contribution < -0.4 is 0 Å². The van der Waals surface area contributed by atoms with Gasteiger partial charge in [-0.3, -0.25) is 0 Å². The van der Waals surface area contributed by atoms with E-state index < -0.39 is 11.6 Å². The summed E-state index contributed by atoms with van der Waals surface area (Å²) in [5, 5.41) is 0. The number of rotatable bonds is 1. The van der Waals surface area contributed by atoms with Crippen molar-refractivity contribution in [3.8, 4) is 0 Å². The standard InChI is InChI=1S/C9H8F2O/c10-7-3-6(4-8(11)5-7)9-1-2-12-9/h3-5,9H,1-2H2. The Labute approximate surface area is 69.0 Å². The minimum atomic E-state index is -0.541. The van der Waals surface area contributed by atoms with Crippen molar-refractivity contribution in [3.05, 3.63) is 35.4 Å². The van der Waals surface area contributed by atoms with E-state index in [1.807, 2.05) is 0 Å². The average molecular weight is 170 g/mol. The maximum atomic E-state index is 12.7. The summed E-state index contributed by atoms with van der Waals surface area (Å²) < 4.78 is 30.4. The maximum absolute atomic E-state index is 12.7. The minimum absolute atomic E-state index is 0.102. The van der Waals surface area contributed by atoms with Gasteiger partial charge < -0.3 is 4.74 Å². The molecule has 1 aliphatic rings. The lowest BCUT2D eigenvalue weighted by molar-refractivity contribution is -0.0530. The Morgan fingerprint density at radius 2 is 1.75 bits per heavy atom. The second-order valence-corrected chi connectivity index (χ2v) is 2.85. The number of ether oxygens (including phenoxy) is 1. The zero-order valence-electron chi connectivity index (χ0n) is 6.39. The molecule has 1 heterocycles. The van der Waals surface area contributed by atoms with Crippen LogP contribution in [0.5, 0.6) is 0 Å². The smallest absolute Gasteiger partial charge is 0.126 e. The zero-order valence-corrected chi connectivity index (χ0v) is 6.39. The van der Waals surface area contributed by atoms with E-state index in [1.165, 1.54) is 12.1 Å². The highest BCUT2D eigenvalue weighted by Crippen LogP contribution is 2.29. The summed E-state index contributed by atoms with van der Waals surface area (Å²) in [6.07, 6.45) is 0.748. The van der Waals surface area contributed by atoms with Crippen molar-refractivity contribution in [1.82, 2.24) is 0 Å². The van der Waals surface area contributed by atoms with Crippen LogP contribution in [0.4, 0.5) is 8.78 Å². The van der Waals surface area contributed by atoms with Crippen LogP contribution in [0.3, 0.4) is 0 Å². The van der Waals surface area contributed by atoms with Gasteiger partial charge in [-0.25, -0.2) is 8.78 Å². The predicted octanol–water partition coefficient (Wildman–Crippen LogP) is 2.43. The third kappa shape index (κ3) is 1.32. The predicted molar refractivity (Wildman–Crippen MR) is 39.7 cm³/mol. The van der Waals surface area contributed by atoms with Gasteiger partial charge in [0.25, 0.3) is 0 Å². The number of halogens is 2. The van der Waals surface area contributed by atoms with Gasteiger partial charge in [0.05, 0.1) is 12.7 Å². The first-order chi connectivity index (χ1) is 5.75. The fourth-order valence-electron chi connectivity index (χ4n) is 1.26. The molecule has 1 fully saturated rings. The Kier molecular flexibility index (Phi) is 1.81. The molecular formula is C9H8F2O. The van der Waals surface area contributed by atoms with Gasteiger partial charge in [-0.1, -0.05) is 0 Å². The molecule has 1 aliphatic heterocycles. The number of benzene rings is 1. The van der Waals surface area contributed by atoms with Crippen LogP contribution in [0.1, 0.15) is 18.1 Å². The van der Waals surface area contributed by atoms with Crippen molar-refractivity contribution in [2.24, 2.45) is 0 Å². The summed E-state index contributed by atoms with van der Waals surface area (Å²) in [5.41, 5.74) is 0.596. The molecule has 12 heavy (non-hydrogen) atoms. The van der Waals surface area contributed by atoms with Crippen molar-refractivity contribution < 1.29 is 13.5 Å². The van der Waals surface area contributed by atoms with Gasteiger partial charge in [-0.2, -0.15) is 0 Å². The lowest BCUT2D eigenvalue weighted by Crippen LogP contribution is -2.18. The SMILES string of the molecule is Fc1cc(F)cc(C2CCO2)c1. The molecule has 0 N–H and O–H groups in total. The van der Waals surface area contributed by atoms with Gasteiger partial charge in [0.15, 0.2) is 0 Å². The number of hydrogen-bond acceptors (Lipinski definition) is 1. The molecule has 0 aromatic heterocycles. The largest absolute Gasteiger partial charge is 0.373 e. The fraction of sp³-hybridized carbons (Fsp3) is 0.333. The van der Waals surface area contributed by atoms with E-state index in [0.29, 0.717) is 12.2 Å². The molecule has 0 bridgehead atoms. The van der Waals surface area contributed by atoms with Crippen molar-refractivity contribution in [2.75, 3.05) is 6.61 Å². The van der Waals surface area contributed by atoms with Crippen LogP contribution in [-0.2, 0) is 4.74 Å². The van der Waals surface area contributed by atoms with Gasteiger partial charge in [-0.05, 0) is 17.7 Å². The summed E-state index contributed by atoms with van der Waals surface area (Å²) in [6.45, 7) is 0.683. The maximum Gasteiger partial charge on any atom is 0.126 e. The summed E-state index contributed by atoms with van der Waals surface area (Å²) >= 11 is 0. The normalized spacial score (nSPS) is 22.0. The number of hydrogen-bond donors (Lipinski definition) is 0. The van der Waals surface area contributed by atoms with E-state index in [2.05, 4.69) is 0 Å². The van der Waals surface area contributed by atoms with E-state index >= 15 is 0 Å². The van der Waals surface area contributed by atoms with E-state index in [0.717, 1.165) is 12.5 Å². The molecule has 0 radical (unpaired) electrons. The Balaban J connectivity index is 2.30. The quantitative estimate of drug-likeness (QED) is 0.629. The highest BCUT2D eigenvalue weighted by atomic mass is 19.1.